The van der Waals surface area contributed by atoms with Crippen molar-refractivity contribution in [1.82, 2.24) is 9.21 Å². The van der Waals surface area contributed by atoms with Gasteiger partial charge in [0.2, 0.25) is 15.9 Å². The third-order valence-corrected chi connectivity index (χ3v) is 9.12. The highest BCUT2D eigenvalue weighted by atomic mass is 32.2. The molecule has 190 valence electrons. The smallest absolute Gasteiger partial charge is 0.243 e. The van der Waals surface area contributed by atoms with Crippen molar-refractivity contribution in [2.45, 2.75) is 29.8 Å². The number of benzene rings is 3. The molecule has 2 saturated heterocycles. The third-order valence-electron chi connectivity index (χ3n) is 7.15. The van der Waals surface area contributed by atoms with E-state index in [-0.39, 0.29) is 48.5 Å². The zero-order chi connectivity index (χ0) is 26.2. The van der Waals surface area contributed by atoms with Crippen molar-refractivity contribution in [2.24, 2.45) is 0 Å². The molecular formula is C29H28N2O5S. The van der Waals surface area contributed by atoms with Crippen molar-refractivity contribution in [1.29, 1.82) is 0 Å². The third kappa shape index (κ3) is 4.62. The lowest BCUT2D eigenvalue weighted by molar-refractivity contribution is -0.158. The van der Waals surface area contributed by atoms with Crippen LogP contribution < -0.4 is 4.74 Å². The number of methoxy groups -OCH3 is 1. The van der Waals surface area contributed by atoms with Gasteiger partial charge in [0.15, 0.2) is 0 Å². The monoisotopic (exact) mass is 516 g/mol. The number of carbonyl (C=O) groups is 1. The first kappa shape index (κ1) is 25.0. The van der Waals surface area contributed by atoms with Gasteiger partial charge in [0.05, 0.1) is 37.2 Å². The number of rotatable bonds is 5. The zero-order valence-electron chi connectivity index (χ0n) is 20.7. The lowest BCUT2D eigenvalue weighted by atomic mass is 9.74. The summed E-state index contributed by atoms with van der Waals surface area (Å²) in [5.41, 5.74) is 3.25. The van der Waals surface area contributed by atoms with Crippen LogP contribution in [0.3, 0.4) is 0 Å². The molecule has 8 heteroatoms. The molecule has 5 rings (SSSR count). The number of piperazine rings is 1. The van der Waals surface area contributed by atoms with E-state index in [4.69, 9.17) is 4.74 Å². The summed E-state index contributed by atoms with van der Waals surface area (Å²) in [4.78, 5) is 14.8. The van der Waals surface area contributed by atoms with Crippen LogP contribution in [0.4, 0.5) is 0 Å². The van der Waals surface area contributed by atoms with E-state index < -0.39 is 10.0 Å². The van der Waals surface area contributed by atoms with E-state index in [2.05, 4.69) is 11.8 Å². The molecule has 1 amide bonds. The summed E-state index contributed by atoms with van der Waals surface area (Å²) in [5, 5.41) is 10.1. The molecule has 0 spiro atoms. The normalized spacial score (nSPS) is 21.4. The minimum Gasteiger partial charge on any atom is -0.497 e. The Kier molecular flexibility index (Phi) is 6.78. The predicted molar refractivity (Wildman–Crippen MR) is 140 cm³/mol. The standard InChI is InChI=1S/C29H28N2O5S/c1-20-6-3-4-9-27(20)37(34,35)30-17-25-29(26(19-32)31(25)28(33)18-30)23-14-12-21(13-15-23)10-11-22-7-5-8-24(16-22)36-2/h3-9,12-16,25-26,29,32H,17-19H2,1-2H3/t25-,26+,29-/m0/s1. The van der Waals surface area contributed by atoms with Crippen LogP contribution in [0.1, 0.15) is 28.2 Å². The first-order chi connectivity index (χ1) is 17.8. The topological polar surface area (TPSA) is 87.2 Å². The number of aryl methyl sites for hydroxylation is 1. The van der Waals surface area contributed by atoms with Crippen LogP contribution in [0.5, 0.6) is 5.75 Å². The Morgan fingerprint density at radius 2 is 1.73 bits per heavy atom. The summed E-state index contributed by atoms with van der Waals surface area (Å²) in [6, 6.07) is 21.3. The van der Waals surface area contributed by atoms with Gasteiger partial charge in [0.25, 0.3) is 0 Å². The second kappa shape index (κ2) is 10.0. The van der Waals surface area contributed by atoms with Gasteiger partial charge in [-0.25, -0.2) is 8.42 Å². The van der Waals surface area contributed by atoms with E-state index in [9.17, 15) is 18.3 Å². The number of fused-ring (bicyclic) bond motifs is 1. The number of amides is 1. The minimum absolute atomic E-state index is 0.177. The quantitative estimate of drug-likeness (QED) is 0.527. The molecule has 3 aromatic carbocycles. The number of ether oxygens (including phenoxy) is 1. The molecule has 0 unspecified atom stereocenters. The summed E-state index contributed by atoms with van der Waals surface area (Å²) in [5.74, 6) is 6.55. The predicted octanol–water partition coefficient (Wildman–Crippen LogP) is 2.76. The molecule has 2 aliphatic heterocycles. The van der Waals surface area contributed by atoms with Gasteiger partial charge in [0.1, 0.15) is 5.75 Å². The van der Waals surface area contributed by atoms with Crippen LogP contribution in [0, 0.1) is 18.8 Å². The minimum atomic E-state index is -3.83. The Hall–Kier alpha value is -3.64. The molecule has 3 aromatic rings. The fourth-order valence-corrected chi connectivity index (χ4v) is 6.90. The summed E-state index contributed by atoms with van der Waals surface area (Å²) in [6.45, 7) is 1.52. The van der Waals surface area contributed by atoms with Gasteiger partial charge in [-0.1, -0.05) is 48.2 Å². The number of sulfonamides is 1. The fraction of sp³-hybridized carbons (Fsp3) is 0.276. The molecule has 2 aliphatic rings. The fourth-order valence-electron chi connectivity index (χ4n) is 5.27. The maximum atomic E-state index is 13.4. The highest BCUT2D eigenvalue weighted by Gasteiger charge is 2.55. The SMILES string of the molecule is COc1cccc(C#Cc2ccc([C@@H]3[C@@H](CO)N4C(=O)CN(S(=O)(=O)c5ccccc5C)C[C@@H]34)cc2)c1. The van der Waals surface area contributed by atoms with Crippen molar-refractivity contribution in [3.8, 4) is 17.6 Å². The average molecular weight is 517 g/mol. The maximum Gasteiger partial charge on any atom is 0.243 e. The second-order valence-corrected chi connectivity index (χ2v) is 11.2. The lowest BCUT2D eigenvalue weighted by Gasteiger charge is -2.58. The van der Waals surface area contributed by atoms with Crippen LogP contribution >= 0.6 is 0 Å². The first-order valence-electron chi connectivity index (χ1n) is 12.1. The van der Waals surface area contributed by atoms with Gasteiger partial charge in [-0.05, 0) is 54.4 Å². The van der Waals surface area contributed by atoms with Crippen LogP contribution in [0.2, 0.25) is 0 Å². The number of aliphatic hydroxyl groups is 1. The van der Waals surface area contributed by atoms with E-state index in [1.165, 1.54) is 4.31 Å². The lowest BCUT2D eigenvalue weighted by Crippen LogP contribution is -2.73. The first-order valence-corrected chi connectivity index (χ1v) is 13.5. The number of hydrogen-bond donors (Lipinski definition) is 1. The van der Waals surface area contributed by atoms with Crippen molar-refractivity contribution in [3.05, 3.63) is 95.1 Å². The van der Waals surface area contributed by atoms with Crippen LogP contribution in [0.15, 0.2) is 77.7 Å². The Balaban J connectivity index is 1.38. The molecule has 37 heavy (non-hydrogen) atoms. The molecule has 2 fully saturated rings. The van der Waals surface area contributed by atoms with Crippen LogP contribution in [-0.2, 0) is 14.8 Å². The maximum absolute atomic E-state index is 13.4. The molecule has 7 nitrogen and oxygen atoms in total. The van der Waals surface area contributed by atoms with Gasteiger partial charge in [-0.3, -0.25) is 4.79 Å². The molecule has 0 aliphatic carbocycles. The van der Waals surface area contributed by atoms with E-state index in [0.717, 1.165) is 22.4 Å². The van der Waals surface area contributed by atoms with E-state index >= 15 is 0 Å². The van der Waals surface area contributed by atoms with Crippen LogP contribution in [-0.4, -0.2) is 67.5 Å². The van der Waals surface area contributed by atoms with Crippen LogP contribution in [0.25, 0.3) is 0 Å². The summed E-state index contributed by atoms with van der Waals surface area (Å²) >= 11 is 0. The van der Waals surface area contributed by atoms with Crippen molar-refractivity contribution in [3.63, 3.8) is 0 Å². The Morgan fingerprint density at radius 1 is 1.00 bits per heavy atom. The summed E-state index contributed by atoms with van der Waals surface area (Å²) in [7, 11) is -2.21. The van der Waals surface area contributed by atoms with Gasteiger partial charge in [-0.2, -0.15) is 4.31 Å². The molecule has 0 radical (unpaired) electrons. The highest BCUT2D eigenvalue weighted by molar-refractivity contribution is 7.89. The number of hydrogen-bond acceptors (Lipinski definition) is 5. The highest BCUT2D eigenvalue weighted by Crippen LogP contribution is 2.43. The Labute approximate surface area is 217 Å². The number of aliphatic hydroxyl groups excluding tert-OH is 1. The Bertz CT molecular complexity index is 1490. The molecule has 1 N–H and O–H groups in total. The summed E-state index contributed by atoms with van der Waals surface area (Å²) in [6.07, 6.45) is 0. The molecule has 2 heterocycles. The number of carbonyl (C=O) groups excluding carboxylic acids is 1. The molecule has 0 bridgehead atoms. The number of nitrogens with zero attached hydrogens (tertiary/aromatic N) is 2. The van der Waals surface area contributed by atoms with Gasteiger partial charge in [0, 0.05) is 23.6 Å². The van der Waals surface area contributed by atoms with Crippen molar-refractivity contribution in [2.75, 3.05) is 26.8 Å². The van der Waals surface area contributed by atoms with Gasteiger partial charge in [-0.15, -0.1) is 0 Å². The summed E-state index contributed by atoms with van der Waals surface area (Å²) < 4.78 is 33.3. The van der Waals surface area contributed by atoms with Gasteiger partial charge < -0.3 is 14.7 Å². The van der Waals surface area contributed by atoms with Gasteiger partial charge >= 0.3 is 0 Å². The molecule has 3 atom stereocenters. The molecule has 0 saturated carbocycles. The zero-order valence-corrected chi connectivity index (χ0v) is 21.5. The van der Waals surface area contributed by atoms with E-state index in [0.29, 0.717) is 5.56 Å². The van der Waals surface area contributed by atoms with Crippen molar-refractivity contribution >= 4 is 15.9 Å². The van der Waals surface area contributed by atoms with Crippen molar-refractivity contribution < 1.29 is 23.1 Å². The van der Waals surface area contributed by atoms with E-state index in [1.807, 2.05) is 48.5 Å². The molecule has 0 aromatic heterocycles. The van der Waals surface area contributed by atoms with E-state index in [1.54, 1.807) is 43.2 Å². The Morgan fingerprint density at radius 3 is 2.43 bits per heavy atom. The second-order valence-electron chi connectivity index (χ2n) is 9.31. The average Bonchev–Trinajstić information content (AvgIpc) is 2.89. The molecular weight excluding hydrogens is 488 g/mol. The largest absolute Gasteiger partial charge is 0.497 e.